The molecule has 0 saturated carbocycles. The largest absolute Gasteiger partial charge is 0.480 e. The molecule has 1 aromatic carbocycles. The van der Waals surface area contributed by atoms with Crippen LogP contribution in [-0.2, 0) is 64.0 Å². The van der Waals surface area contributed by atoms with Crippen molar-refractivity contribution in [3.05, 3.63) is 35.9 Å². The number of likely N-dealkylation sites (tertiary alicyclic amines) is 4. The van der Waals surface area contributed by atoms with E-state index in [0.717, 1.165) is 6.42 Å². The number of aliphatic hydroxyl groups is 1. The van der Waals surface area contributed by atoms with Gasteiger partial charge in [0.1, 0.15) is 60.4 Å². The summed E-state index contributed by atoms with van der Waals surface area (Å²) in [6, 6.07) is -3.28. The quantitative estimate of drug-likeness (QED) is 0.0462. The lowest BCUT2D eigenvalue weighted by molar-refractivity contribution is -0.149. The Balaban J connectivity index is 1.12. The Kier molecular flexibility index (Phi) is 25.6. The SMILES string of the molecule is CSCC[C@H](NC(=O)[C@@H](NC(=O)[C@@H](NC(=O)[C@@H]1CCCN1C(=O)[C@@H]1CCCN1C(=O)[C@H](CC(C)C)NC(=O)[C@@H]1CCCN1)[C@@H](C)O)C(C)C)C(=O)N[C@@H](Cc1ccccc1)C(=O)N1CCC[C@H]1C(=O)N1CCC[C@H]1C(=O)N[C@@H](CCC(N)=O)C(=O)O. The number of nitrogens with two attached hydrogens (primary N) is 1. The molecule has 0 spiro atoms. The number of amides is 11. The van der Waals surface area contributed by atoms with E-state index in [0.29, 0.717) is 62.8 Å². The van der Waals surface area contributed by atoms with Gasteiger partial charge in [0.15, 0.2) is 0 Å². The number of hydrogen-bond donors (Lipinski definition) is 10. The molecular weight excluding hydrogens is 1130 g/mol. The Morgan fingerprint density at radius 3 is 1.59 bits per heavy atom. The molecule has 0 aromatic heterocycles. The van der Waals surface area contributed by atoms with Crippen molar-refractivity contribution in [1.29, 1.82) is 0 Å². The molecule has 5 aliphatic rings. The van der Waals surface area contributed by atoms with Crippen molar-refractivity contribution in [1.82, 2.24) is 56.8 Å². The zero-order chi connectivity index (χ0) is 62.9. The van der Waals surface area contributed by atoms with Crippen molar-refractivity contribution in [3.63, 3.8) is 0 Å². The molecule has 27 heteroatoms. The molecule has 6 rings (SSSR count). The van der Waals surface area contributed by atoms with Gasteiger partial charge in [-0.05, 0) is 126 Å². The minimum absolute atomic E-state index is 0.0104. The summed E-state index contributed by atoms with van der Waals surface area (Å²) < 4.78 is 0. The highest BCUT2D eigenvalue weighted by atomic mass is 32.2. The third kappa shape index (κ3) is 18.1. The highest BCUT2D eigenvalue weighted by molar-refractivity contribution is 7.98. The van der Waals surface area contributed by atoms with Crippen LogP contribution in [0.5, 0.6) is 0 Å². The zero-order valence-electron chi connectivity index (χ0n) is 50.4. The Morgan fingerprint density at radius 2 is 1.09 bits per heavy atom. The fourth-order valence-electron chi connectivity index (χ4n) is 12.2. The number of aliphatic carboxylic acids is 1. The number of carbonyl (C=O) groups is 12. The van der Waals surface area contributed by atoms with Crippen molar-refractivity contribution in [3.8, 4) is 0 Å². The number of hydrogen-bond acceptors (Lipinski definition) is 15. The van der Waals surface area contributed by atoms with E-state index in [1.807, 2.05) is 13.8 Å². The second-order valence-electron chi connectivity index (χ2n) is 24.1. The van der Waals surface area contributed by atoms with Crippen LogP contribution < -0.4 is 43.0 Å². The van der Waals surface area contributed by atoms with Crippen LogP contribution in [0.1, 0.15) is 130 Å². The van der Waals surface area contributed by atoms with E-state index >= 15 is 0 Å². The van der Waals surface area contributed by atoms with Crippen LogP contribution in [0.2, 0.25) is 0 Å². The Bertz CT molecular complexity index is 2610. The second kappa shape index (κ2) is 32.2. The minimum Gasteiger partial charge on any atom is -0.480 e. The maximum absolute atomic E-state index is 14.8. The number of carbonyl (C=O) groups excluding carboxylic acids is 11. The van der Waals surface area contributed by atoms with E-state index < -0.39 is 138 Å². The first-order chi connectivity index (χ1) is 40.9. The monoisotopic (exact) mass is 1220 g/mol. The number of rotatable bonds is 29. The van der Waals surface area contributed by atoms with Crippen LogP contribution in [0, 0.1) is 11.8 Å². The van der Waals surface area contributed by atoms with Gasteiger partial charge in [-0.1, -0.05) is 58.0 Å². The molecule has 12 atom stereocenters. The van der Waals surface area contributed by atoms with Gasteiger partial charge in [0.25, 0.3) is 0 Å². The zero-order valence-corrected chi connectivity index (χ0v) is 51.2. The number of thioether (sulfide) groups is 1. The fraction of sp³-hybridized carbons (Fsp3) is 0.695. The van der Waals surface area contributed by atoms with Crippen LogP contribution in [0.25, 0.3) is 0 Å². The van der Waals surface area contributed by atoms with Crippen molar-refractivity contribution >= 4 is 82.7 Å². The molecule has 476 valence electrons. The van der Waals surface area contributed by atoms with Crippen molar-refractivity contribution in [2.75, 3.05) is 44.7 Å². The third-order valence-corrected chi connectivity index (χ3v) is 17.4. The molecule has 5 heterocycles. The molecule has 1 aromatic rings. The summed E-state index contributed by atoms with van der Waals surface area (Å²) in [5.74, 6) is -8.35. The highest BCUT2D eigenvalue weighted by Crippen LogP contribution is 2.29. The van der Waals surface area contributed by atoms with E-state index in [2.05, 4.69) is 37.2 Å². The predicted octanol–water partition coefficient (Wildman–Crippen LogP) is -0.960. The fourth-order valence-corrected chi connectivity index (χ4v) is 12.6. The van der Waals surface area contributed by atoms with Crippen molar-refractivity contribution in [2.24, 2.45) is 17.6 Å². The molecule has 11 N–H and O–H groups in total. The van der Waals surface area contributed by atoms with E-state index in [9.17, 15) is 67.7 Å². The lowest BCUT2D eigenvalue weighted by Crippen LogP contribution is -2.62. The number of nitrogens with zero attached hydrogens (tertiary/aromatic N) is 4. The standard InChI is InChI=1S/C59H90N12O14S/c1-33(2)31-40(64-49(74)37-17-10-25-61-37)55(80)70-28-13-20-44(70)58(83)69-27-12-19-43(69)52(77)67-48(35(5)72)54(79)66-47(34(3)4)53(78)62-38(24-30-86-6)50(75)65-41(32-36-15-8-7-9-16-36)56(81)71-29-14-21-45(71)57(82)68-26-11-18-42(68)51(76)63-39(59(84)85)22-23-46(60)73/h7-9,15-16,33-35,37-45,47-48,61,72H,10-14,17-32H2,1-6H3,(H2,60,73)(H,62,78)(H,63,76)(H,64,74)(H,65,75)(H,66,79)(H,67,77)(H,84,85)/t35-,37+,38+,39+,40+,41+,42+,43+,44+,45+,47+,48+/m1/s1. The number of carboxylic acid groups (broad SMARTS) is 1. The molecule has 5 saturated heterocycles. The molecule has 86 heavy (non-hydrogen) atoms. The van der Waals surface area contributed by atoms with Gasteiger partial charge in [0.2, 0.25) is 65.0 Å². The van der Waals surface area contributed by atoms with Gasteiger partial charge in [0.05, 0.1) is 12.1 Å². The topological polar surface area (TPSA) is 368 Å². The molecule has 0 unspecified atom stereocenters. The van der Waals surface area contributed by atoms with Gasteiger partial charge in [-0.15, -0.1) is 0 Å². The van der Waals surface area contributed by atoms with E-state index in [4.69, 9.17) is 5.73 Å². The van der Waals surface area contributed by atoms with Crippen LogP contribution in [0.15, 0.2) is 30.3 Å². The number of nitrogens with one attached hydrogen (secondary N) is 7. The summed E-state index contributed by atoms with van der Waals surface area (Å²) in [4.78, 5) is 171. The average molecular weight is 1220 g/mol. The summed E-state index contributed by atoms with van der Waals surface area (Å²) in [6.07, 6.45) is 4.59. The molecule has 0 bridgehead atoms. The molecular formula is C59H90N12O14S. The molecule has 5 aliphatic heterocycles. The molecule has 0 radical (unpaired) electrons. The summed E-state index contributed by atoms with van der Waals surface area (Å²) in [6.45, 7) is 9.98. The normalized spacial score (nSPS) is 22.7. The van der Waals surface area contributed by atoms with Crippen molar-refractivity contribution < 1.29 is 67.7 Å². The first kappa shape index (κ1) is 68.2. The van der Waals surface area contributed by atoms with Gasteiger partial charge in [-0.3, -0.25) is 52.7 Å². The predicted molar refractivity (Wildman–Crippen MR) is 317 cm³/mol. The van der Waals surface area contributed by atoms with E-state index in [1.165, 1.54) is 38.3 Å². The molecule has 5 fully saturated rings. The van der Waals surface area contributed by atoms with Crippen LogP contribution >= 0.6 is 11.8 Å². The van der Waals surface area contributed by atoms with Gasteiger partial charge < -0.3 is 72.8 Å². The maximum Gasteiger partial charge on any atom is 0.326 e. The Hall–Kier alpha value is -6.87. The summed E-state index contributed by atoms with van der Waals surface area (Å²) in [5, 5.41) is 40.2. The summed E-state index contributed by atoms with van der Waals surface area (Å²) in [7, 11) is 0. The first-order valence-corrected chi connectivity index (χ1v) is 31.8. The Labute approximate surface area is 507 Å². The number of benzene rings is 1. The third-order valence-electron chi connectivity index (χ3n) is 16.8. The van der Waals surface area contributed by atoms with E-state index in [-0.39, 0.29) is 88.9 Å². The smallest absolute Gasteiger partial charge is 0.326 e. The summed E-state index contributed by atoms with van der Waals surface area (Å²) in [5.41, 5.74) is 5.89. The van der Waals surface area contributed by atoms with Gasteiger partial charge in [0, 0.05) is 39.0 Å². The van der Waals surface area contributed by atoms with E-state index in [1.54, 1.807) is 50.4 Å². The molecule has 11 amide bonds. The highest BCUT2D eigenvalue weighted by Gasteiger charge is 2.47. The maximum atomic E-state index is 14.8. The van der Waals surface area contributed by atoms with Gasteiger partial charge in [-0.2, -0.15) is 11.8 Å². The van der Waals surface area contributed by atoms with Crippen LogP contribution in [-0.4, -0.2) is 218 Å². The number of aliphatic hydroxyl groups excluding tert-OH is 1. The number of primary amides is 1. The van der Waals surface area contributed by atoms with Gasteiger partial charge >= 0.3 is 5.97 Å². The lowest BCUT2D eigenvalue weighted by Gasteiger charge is -2.34. The molecule has 26 nitrogen and oxygen atoms in total. The van der Waals surface area contributed by atoms with Crippen molar-refractivity contribution in [2.45, 2.75) is 203 Å². The summed E-state index contributed by atoms with van der Waals surface area (Å²) >= 11 is 1.40. The van der Waals surface area contributed by atoms with Crippen LogP contribution in [0.3, 0.4) is 0 Å². The molecule has 0 aliphatic carbocycles. The first-order valence-electron chi connectivity index (χ1n) is 30.4. The lowest BCUT2D eigenvalue weighted by atomic mass is 10.0. The second-order valence-corrected chi connectivity index (χ2v) is 25.0. The minimum atomic E-state index is -1.60. The van der Waals surface area contributed by atoms with Crippen LogP contribution in [0.4, 0.5) is 0 Å². The van der Waals surface area contributed by atoms with Gasteiger partial charge in [-0.25, -0.2) is 4.79 Å². The Morgan fingerprint density at radius 1 is 0.581 bits per heavy atom. The number of carboxylic acids is 1. The average Bonchev–Trinajstić information content (AvgIpc) is 3.17.